The molecule has 1 aromatic carbocycles. The summed E-state index contributed by atoms with van der Waals surface area (Å²) in [4.78, 5) is 2.07. The van der Waals surface area contributed by atoms with E-state index in [0.29, 0.717) is 5.69 Å². The van der Waals surface area contributed by atoms with Gasteiger partial charge in [0.05, 0.1) is 5.69 Å². The van der Waals surface area contributed by atoms with Crippen molar-refractivity contribution in [2.24, 2.45) is 5.92 Å². The molecule has 0 radical (unpaired) electrons. The molecule has 1 aromatic rings. The number of para-hydroxylation sites is 1. The number of hydrogen-bond donors (Lipinski definition) is 2. The monoisotopic (exact) mass is 266 g/mol. The van der Waals surface area contributed by atoms with E-state index in [1.165, 1.54) is 6.07 Å². The van der Waals surface area contributed by atoms with Crippen molar-refractivity contribution < 1.29 is 9.50 Å². The summed E-state index contributed by atoms with van der Waals surface area (Å²) in [5, 5.41) is 12.6. The predicted molar refractivity (Wildman–Crippen MR) is 75.9 cm³/mol. The van der Waals surface area contributed by atoms with Crippen LogP contribution in [-0.4, -0.2) is 31.3 Å². The van der Waals surface area contributed by atoms with Crippen LogP contribution in [0.5, 0.6) is 0 Å². The van der Waals surface area contributed by atoms with Crippen molar-refractivity contribution in [2.45, 2.75) is 26.3 Å². The lowest BCUT2D eigenvalue weighted by molar-refractivity contribution is 0.238. The van der Waals surface area contributed by atoms with E-state index >= 15 is 0 Å². The first-order valence-electron chi connectivity index (χ1n) is 7.05. The van der Waals surface area contributed by atoms with Crippen molar-refractivity contribution in [3.05, 3.63) is 29.6 Å². The van der Waals surface area contributed by atoms with E-state index in [2.05, 4.69) is 17.1 Å². The second kappa shape index (κ2) is 6.35. The largest absolute Gasteiger partial charge is 0.396 e. The summed E-state index contributed by atoms with van der Waals surface area (Å²) in [6.45, 7) is 6.70. The van der Waals surface area contributed by atoms with Gasteiger partial charge >= 0.3 is 0 Å². The molecular weight excluding hydrogens is 243 g/mol. The standard InChI is InChI=1S/C15H23FN2O/c1-3-17-11(2)13-5-4-6-14(16)15(13)18-8-7-12(9-18)10-19/h4-6,11-12,17,19H,3,7-10H2,1-2H3. The third-order valence-corrected chi connectivity index (χ3v) is 3.86. The number of nitrogens with one attached hydrogen (secondary N) is 1. The molecule has 0 bridgehead atoms. The van der Waals surface area contributed by atoms with Crippen molar-refractivity contribution in [2.75, 3.05) is 31.1 Å². The van der Waals surface area contributed by atoms with Crippen LogP contribution < -0.4 is 10.2 Å². The second-order valence-electron chi connectivity index (χ2n) is 5.24. The molecule has 0 aromatic heterocycles. The molecule has 2 N–H and O–H groups in total. The average molecular weight is 266 g/mol. The number of nitrogens with zero attached hydrogens (tertiary/aromatic N) is 1. The molecule has 2 rings (SSSR count). The van der Waals surface area contributed by atoms with E-state index in [-0.39, 0.29) is 24.4 Å². The van der Waals surface area contributed by atoms with E-state index in [4.69, 9.17) is 0 Å². The van der Waals surface area contributed by atoms with Crippen LogP contribution in [-0.2, 0) is 0 Å². The lowest BCUT2D eigenvalue weighted by atomic mass is 10.0. The number of anilines is 1. The highest BCUT2D eigenvalue weighted by Gasteiger charge is 2.26. The normalized spacial score (nSPS) is 20.8. The van der Waals surface area contributed by atoms with Gasteiger partial charge < -0.3 is 15.3 Å². The molecule has 2 unspecified atom stereocenters. The number of halogens is 1. The minimum atomic E-state index is -0.166. The summed E-state index contributed by atoms with van der Waals surface area (Å²) in [5.41, 5.74) is 1.70. The molecule has 0 saturated carbocycles. The van der Waals surface area contributed by atoms with Crippen LogP contribution in [0.2, 0.25) is 0 Å². The van der Waals surface area contributed by atoms with Crippen molar-refractivity contribution in [1.29, 1.82) is 0 Å². The van der Waals surface area contributed by atoms with Crippen LogP contribution in [0.25, 0.3) is 0 Å². The van der Waals surface area contributed by atoms with Crippen LogP contribution in [0.3, 0.4) is 0 Å². The zero-order chi connectivity index (χ0) is 13.8. The third-order valence-electron chi connectivity index (χ3n) is 3.86. The molecule has 106 valence electrons. The topological polar surface area (TPSA) is 35.5 Å². The summed E-state index contributed by atoms with van der Waals surface area (Å²) in [7, 11) is 0. The molecule has 19 heavy (non-hydrogen) atoms. The summed E-state index contributed by atoms with van der Waals surface area (Å²) >= 11 is 0. The zero-order valence-electron chi connectivity index (χ0n) is 11.7. The Labute approximate surface area is 114 Å². The van der Waals surface area contributed by atoms with Gasteiger partial charge in [-0.15, -0.1) is 0 Å². The van der Waals surface area contributed by atoms with Crippen LogP contribution in [0.4, 0.5) is 10.1 Å². The highest BCUT2D eigenvalue weighted by molar-refractivity contribution is 5.57. The molecule has 3 nitrogen and oxygen atoms in total. The maximum atomic E-state index is 14.2. The van der Waals surface area contributed by atoms with E-state index in [1.807, 2.05) is 13.0 Å². The molecule has 0 aliphatic carbocycles. The minimum Gasteiger partial charge on any atom is -0.396 e. The van der Waals surface area contributed by atoms with Crippen LogP contribution in [0, 0.1) is 11.7 Å². The van der Waals surface area contributed by atoms with Crippen molar-refractivity contribution >= 4 is 5.69 Å². The van der Waals surface area contributed by atoms with Gasteiger partial charge in [0.25, 0.3) is 0 Å². The lowest BCUT2D eigenvalue weighted by Gasteiger charge is -2.25. The molecule has 1 aliphatic heterocycles. The first-order chi connectivity index (χ1) is 9.17. The van der Waals surface area contributed by atoms with E-state index in [1.54, 1.807) is 6.07 Å². The molecular formula is C15H23FN2O. The lowest BCUT2D eigenvalue weighted by Crippen LogP contribution is -2.26. The Morgan fingerprint density at radius 3 is 2.95 bits per heavy atom. The number of benzene rings is 1. The fourth-order valence-electron chi connectivity index (χ4n) is 2.82. The van der Waals surface area contributed by atoms with E-state index in [0.717, 1.165) is 31.6 Å². The Bertz CT molecular complexity index is 425. The summed E-state index contributed by atoms with van der Waals surface area (Å²) in [6.07, 6.45) is 0.930. The molecule has 1 aliphatic rings. The Balaban J connectivity index is 2.28. The van der Waals surface area contributed by atoms with Gasteiger partial charge in [-0.1, -0.05) is 19.1 Å². The molecule has 2 atom stereocenters. The second-order valence-corrected chi connectivity index (χ2v) is 5.24. The Kier molecular flexibility index (Phi) is 4.77. The molecule has 4 heteroatoms. The van der Waals surface area contributed by atoms with Gasteiger partial charge in [0, 0.05) is 31.7 Å². The first-order valence-corrected chi connectivity index (χ1v) is 7.05. The van der Waals surface area contributed by atoms with Crippen LogP contribution in [0.1, 0.15) is 31.9 Å². The molecule has 1 heterocycles. The number of aliphatic hydroxyl groups excluding tert-OH is 1. The summed E-state index contributed by atoms with van der Waals surface area (Å²) < 4.78 is 14.2. The highest BCUT2D eigenvalue weighted by atomic mass is 19.1. The van der Waals surface area contributed by atoms with E-state index < -0.39 is 0 Å². The van der Waals surface area contributed by atoms with Gasteiger partial charge in [0.1, 0.15) is 5.82 Å². The van der Waals surface area contributed by atoms with Gasteiger partial charge in [-0.25, -0.2) is 4.39 Å². The van der Waals surface area contributed by atoms with Crippen LogP contribution in [0.15, 0.2) is 18.2 Å². The SMILES string of the molecule is CCNC(C)c1cccc(F)c1N1CCC(CO)C1. The fraction of sp³-hybridized carbons (Fsp3) is 0.600. The number of rotatable bonds is 5. The van der Waals surface area contributed by atoms with Crippen molar-refractivity contribution in [1.82, 2.24) is 5.32 Å². The first kappa shape index (κ1) is 14.3. The Morgan fingerprint density at radius 2 is 2.32 bits per heavy atom. The molecule has 1 saturated heterocycles. The molecule has 0 spiro atoms. The average Bonchev–Trinajstić information content (AvgIpc) is 2.87. The predicted octanol–water partition coefficient (Wildman–Crippen LogP) is 2.31. The zero-order valence-corrected chi connectivity index (χ0v) is 11.7. The van der Waals surface area contributed by atoms with Gasteiger partial charge in [-0.05, 0) is 31.5 Å². The quantitative estimate of drug-likeness (QED) is 0.858. The van der Waals surface area contributed by atoms with Crippen molar-refractivity contribution in [3.63, 3.8) is 0 Å². The summed E-state index contributed by atoms with van der Waals surface area (Å²) in [6, 6.07) is 5.40. The molecule has 0 amide bonds. The number of aliphatic hydroxyl groups is 1. The third kappa shape index (κ3) is 3.07. The maximum absolute atomic E-state index is 14.2. The molecule has 1 fully saturated rings. The van der Waals surface area contributed by atoms with E-state index in [9.17, 15) is 9.50 Å². The highest BCUT2D eigenvalue weighted by Crippen LogP contribution is 2.33. The van der Waals surface area contributed by atoms with Gasteiger partial charge in [-0.2, -0.15) is 0 Å². The number of hydrogen-bond acceptors (Lipinski definition) is 3. The van der Waals surface area contributed by atoms with Gasteiger partial charge in [-0.3, -0.25) is 0 Å². The van der Waals surface area contributed by atoms with Crippen molar-refractivity contribution in [3.8, 4) is 0 Å². The Hall–Kier alpha value is -1.13. The smallest absolute Gasteiger partial charge is 0.146 e. The van der Waals surface area contributed by atoms with Gasteiger partial charge in [0.15, 0.2) is 0 Å². The minimum absolute atomic E-state index is 0.129. The van der Waals surface area contributed by atoms with Crippen LogP contribution >= 0.6 is 0 Å². The van der Waals surface area contributed by atoms with Gasteiger partial charge in [0.2, 0.25) is 0 Å². The maximum Gasteiger partial charge on any atom is 0.146 e. The fourth-order valence-corrected chi connectivity index (χ4v) is 2.82. The Morgan fingerprint density at radius 1 is 1.53 bits per heavy atom. The summed E-state index contributed by atoms with van der Waals surface area (Å²) in [5.74, 6) is 0.0998.